The SMILES string of the molecule is C=C(C)OC(=O)c1cc(C(C)(C)C)nn1-c1ccc(C(=O)OCC)cc1. The monoisotopic (exact) mass is 356 g/mol. The van der Waals surface area contributed by atoms with Crippen molar-refractivity contribution in [1.82, 2.24) is 9.78 Å². The lowest BCUT2D eigenvalue weighted by atomic mass is 9.92. The molecule has 0 aliphatic rings. The van der Waals surface area contributed by atoms with Crippen molar-refractivity contribution < 1.29 is 19.1 Å². The fourth-order valence-electron chi connectivity index (χ4n) is 2.25. The summed E-state index contributed by atoms with van der Waals surface area (Å²) in [6, 6.07) is 8.41. The molecule has 26 heavy (non-hydrogen) atoms. The molecule has 0 fully saturated rings. The van der Waals surface area contributed by atoms with Gasteiger partial charge in [0.15, 0.2) is 5.69 Å². The van der Waals surface area contributed by atoms with Crippen molar-refractivity contribution in [3.05, 3.63) is 59.6 Å². The van der Waals surface area contributed by atoms with Gasteiger partial charge in [-0.2, -0.15) is 5.10 Å². The van der Waals surface area contributed by atoms with Crippen LogP contribution in [0, 0.1) is 0 Å². The number of carbonyl (C=O) groups is 2. The zero-order chi connectivity index (χ0) is 19.5. The molecule has 0 aliphatic carbocycles. The van der Waals surface area contributed by atoms with Gasteiger partial charge in [-0.25, -0.2) is 14.3 Å². The Morgan fingerprint density at radius 3 is 2.27 bits per heavy atom. The second-order valence-corrected chi connectivity index (χ2v) is 6.94. The molecule has 138 valence electrons. The van der Waals surface area contributed by atoms with Gasteiger partial charge < -0.3 is 9.47 Å². The number of benzene rings is 1. The predicted molar refractivity (Wildman–Crippen MR) is 98.5 cm³/mol. The third kappa shape index (κ3) is 4.39. The molecule has 0 atom stereocenters. The van der Waals surface area contributed by atoms with Crippen LogP contribution in [0.5, 0.6) is 0 Å². The Bertz CT molecular complexity index is 826. The minimum atomic E-state index is -0.532. The highest BCUT2D eigenvalue weighted by Crippen LogP contribution is 2.24. The van der Waals surface area contributed by atoms with Crippen LogP contribution >= 0.6 is 0 Å². The van der Waals surface area contributed by atoms with E-state index in [9.17, 15) is 9.59 Å². The molecule has 0 saturated heterocycles. The van der Waals surface area contributed by atoms with Crippen LogP contribution in [0.15, 0.2) is 42.7 Å². The van der Waals surface area contributed by atoms with Crippen LogP contribution in [-0.4, -0.2) is 28.3 Å². The van der Waals surface area contributed by atoms with Crippen LogP contribution in [0.1, 0.15) is 61.2 Å². The molecular formula is C20H24N2O4. The molecule has 1 heterocycles. The fraction of sp³-hybridized carbons (Fsp3) is 0.350. The summed E-state index contributed by atoms with van der Waals surface area (Å²) in [6.45, 7) is 13.3. The molecule has 2 aromatic rings. The van der Waals surface area contributed by atoms with E-state index in [1.54, 1.807) is 44.2 Å². The molecule has 0 radical (unpaired) electrons. The lowest BCUT2D eigenvalue weighted by Crippen LogP contribution is -2.13. The molecule has 0 saturated carbocycles. The largest absolute Gasteiger partial charge is 0.462 e. The third-order valence-corrected chi connectivity index (χ3v) is 3.58. The molecule has 6 heteroatoms. The Hall–Kier alpha value is -2.89. The zero-order valence-electron chi connectivity index (χ0n) is 15.8. The van der Waals surface area contributed by atoms with Gasteiger partial charge in [-0.15, -0.1) is 0 Å². The number of ether oxygens (including phenoxy) is 2. The molecule has 1 aromatic carbocycles. The van der Waals surface area contributed by atoms with Crippen molar-refractivity contribution in [1.29, 1.82) is 0 Å². The van der Waals surface area contributed by atoms with E-state index < -0.39 is 11.9 Å². The summed E-state index contributed by atoms with van der Waals surface area (Å²) in [5.74, 6) is -0.621. The fourth-order valence-corrected chi connectivity index (χ4v) is 2.25. The molecule has 1 aromatic heterocycles. The highest BCUT2D eigenvalue weighted by atomic mass is 16.5. The number of allylic oxidation sites excluding steroid dienone is 1. The van der Waals surface area contributed by atoms with Gasteiger partial charge in [0, 0.05) is 5.41 Å². The van der Waals surface area contributed by atoms with E-state index in [0.717, 1.165) is 5.69 Å². The van der Waals surface area contributed by atoms with E-state index in [4.69, 9.17) is 9.47 Å². The van der Waals surface area contributed by atoms with Gasteiger partial charge in [-0.05, 0) is 44.2 Å². The van der Waals surface area contributed by atoms with Gasteiger partial charge in [0.2, 0.25) is 0 Å². The second kappa shape index (κ2) is 7.56. The summed E-state index contributed by atoms with van der Waals surface area (Å²) in [5.41, 5.74) is 1.88. The quantitative estimate of drug-likeness (QED) is 0.597. The van der Waals surface area contributed by atoms with E-state index >= 15 is 0 Å². The van der Waals surface area contributed by atoms with Gasteiger partial charge in [0.05, 0.1) is 29.3 Å². The Morgan fingerprint density at radius 2 is 1.77 bits per heavy atom. The Morgan fingerprint density at radius 1 is 1.15 bits per heavy atom. The van der Waals surface area contributed by atoms with Crippen LogP contribution in [-0.2, 0) is 14.9 Å². The molecule has 0 spiro atoms. The lowest BCUT2D eigenvalue weighted by Gasteiger charge is -2.14. The van der Waals surface area contributed by atoms with E-state index in [1.807, 2.05) is 20.8 Å². The minimum absolute atomic E-state index is 0.242. The maximum atomic E-state index is 12.4. The molecule has 2 rings (SSSR count). The summed E-state index contributed by atoms with van der Waals surface area (Å²) in [4.78, 5) is 24.2. The lowest BCUT2D eigenvalue weighted by molar-refractivity contribution is 0.0525. The second-order valence-electron chi connectivity index (χ2n) is 6.94. The molecule has 0 unspecified atom stereocenters. The van der Waals surface area contributed by atoms with Crippen molar-refractivity contribution in [2.75, 3.05) is 6.61 Å². The highest BCUT2D eigenvalue weighted by Gasteiger charge is 2.24. The maximum absolute atomic E-state index is 12.4. The number of hydrogen-bond donors (Lipinski definition) is 0. The number of carbonyl (C=O) groups excluding carboxylic acids is 2. The summed E-state index contributed by atoms with van der Waals surface area (Å²) in [5, 5.41) is 4.56. The highest BCUT2D eigenvalue weighted by molar-refractivity contribution is 5.90. The number of nitrogens with zero attached hydrogens (tertiary/aromatic N) is 2. The molecule has 0 aliphatic heterocycles. The Labute approximate surface area is 153 Å². The molecular weight excluding hydrogens is 332 g/mol. The normalized spacial score (nSPS) is 11.1. The Kier molecular flexibility index (Phi) is 5.65. The van der Waals surface area contributed by atoms with Crippen LogP contribution < -0.4 is 0 Å². The smallest absolute Gasteiger partial charge is 0.362 e. The predicted octanol–water partition coefficient (Wildman–Crippen LogP) is 4.04. The number of esters is 2. The van der Waals surface area contributed by atoms with E-state index in [1.165, 1.54) is 4.68 Å². The van der Waals surface area contributed by atoms with Crippen LogP contribution in [0.2, 0.25) is 0 Å². The van der Waals surface area contributed by atoms with Gasteiger partial charge in [0.1, 0.15) is 0 Å². The average Bonchev–Trinajstić information content (AvgIpc) is 3.00. The van der Waals surface area contributed by atoms with Gasteiger partial charge in [-0.1, -0.05) is 27.4 Å². The van der Waals surface area contributed by atoms with Crippen LogP contribution in [0.4, 0.5) is 0 Å². The Balaban J connectivity index is 2.46. The van der Waals surface area contributed by atoms with E-state index in [0.29, 0.717) is 29.3 Å². The van der Waals surface area contributed by atoms with E-state index in [2.05, 4.69) is 11.7 Å². The first-order valence-electron chi connectivity index (χ1n) is 8.39. The third-order valence-electron chi connectivity index (χ3n) is 3.58. The number of aromatic nitrogens is 2. The first-order chi connectivity index (χ1) is 12.1. The number of rotatable bonds is 5. The van der Waals surface area contributed by atoms with E-state index in [-0.39, 0.29) is 5.41 Å². The minimum Gasteiger partial charge on any atom is -0.462 e. The summed E-state index contributed by atoms with van der Waals surface area (Å²) < 4.78 is 11.6. The summed E-state index contributed by atoms with van der Waals surface area (Å²) in [6.07, 6.45) is 0. The average molecular weight is 356 g/mol. The summed E-state index contributed by atoms with van der Waals surface area (Å²) in [7, 11) is 0. The zero-order valence-corrected chi connectivity index (χ0v) is 15.8. The first-order valence-corrected chi connectivity index (χ1v) is 8.39. The molecule has 0 amide bonds. The standard InChI is InChI=1S/C20H24N2O4/c1-7-25-18(23)14-8-10-15(11-9-14)22-16(19(24)26-13(2)3)12-17(21-22)20(4,5)6/h8-12H,2,7H2,1,3-6H3. The first kappa shape index (κ1) is 19.4. The van der Waals surface area contributed by atoms with Crippen molar-refractivity contribution in [3.63, 3.8) is 0 Å². The van der Waals surface area contributed by atoms with Gasteiger partial charge >= 0.3 is 11.9 Å². The topological polar surface area (TPSA) is 70.4 Å². The van der Waals surface area contributed by atoms with Crippen LogP contribution in [0.25, 0.3) is 5.69 Å². The van der Waals surface area contributed by atoms with Crippen molar-refractivity contribution >= 4 is 11.9 Å². The van der Waals surface area contributed by atoms with Crippen molar-refractivity contribution in [3.8, 4) is 5.69 Å². The molecule has 6 nitrogen and oxygen atoms in total. The molecule has 0 N–H and O–H groups in total. The van der Waals surface area contributed by atoms with Gasteiger partial charge in [-0.3, -0.25) is 0 Å². The summed E-state index contributed by atoms with van der Waals surface area (Å²) >= 11 is 0. The van der Waals surface area contributed by atoms with Gasteiger partial charge in [0.25, 0.3) is 0 Å². The van der Waals surface area contributed by atoms with Crippen molar-refractivity contribution in [2.24, 2.45) is 0 Å². The molecule has 0 bridgehead atoms. The number of hydrogen-bond acceptors (Lipinski definition) is 5. The van der Waals surface area contributed by atoms with Crippen LogP contribution in [0.3, 0.4) is 0 Å². The maximum Gasteiger partial charge on any atom is 0.362 e. The van der Waals surface area contributed by atoms with Crippen molar-refractivity contribution in [2.45, 2.75) is 40.0 Å².